The predicted molar refractivity (Wildman–Crippen MR) is 440 cm³/mol. The lowest BCUT2D eigenvalue weighted by atomic mass is 9.33. The summed E-state index contributed by atoms with van der Waals surface area (Å²) in [7, 11) is 0. The zero-order valence-electron chi connectivity index (χ0n) is 58.7. The van der Waals surface area contributed by atoms with Gasteiger partial charge in [-0.05, 0) is 172 Å². The number of anilines is 6. The minimum absolute atomic E-state index is 0.0852. The molecule has 0 N–H and O–H groups in total. The minimum Gasteiger partial charge on any atom is -0.310 e. The van der Waals surface area contributed by atoms with E-state index < -0.39 is 0 Å². The fraction of sp³-hybridized carbons (Fsp3) is 0.125. The molecular weight excluding hydrogens is 1260 g/mol. The van der Waals surface area contributed by atoms with Gasteiger partial charge in [0.15, 0.2) is 0 Å². The molecule has 0 saturated heterocycles. The highest BCUT2D eigenvalue weighted by atomic mass is 32.1. The predicted octanol–water partition coefficient (Wildman–Crippen LogP) is 26.1. The third-order valence-electron chi connectivity index (χ3n) is 21.3. The molecule has 2 nitrogen and oxygen atoms in total. The Kier molecular flexibility index (Phi) is 14.8. The van der Waals surface area contributed by atoms with E-state index in [1.54, 1.807) is 0 Å². The lowest BCUT2D eigenvalue weighted by molar-refractivity contribution is 0.569. The van der Waals surface area contributed by atoms with Crippen LogP contribution in [0.3, 0.4) is 0 Å². The molecule has 16 aromatic rings. The first-order valence-corrected chi connectivity index (χ1v) is 37.2. The van der Waals surface area contributed by atoms with Crippen molar-refractivity contribution in [1.29, 1.82) is 0 Å². The van der Waals surface area contributed by atoms with E-state index in [9.17, 15) is 0 Å². The van der Waals surface area contributed by atoms with Crippen molar-refractivity contribution in [2.75, 3.05) is 9.80 Å². The second kappa shape index (κ2) is 23.9. The van der Waals surface area contributed by atoms with Gasteiger partial charge in [0.1, 0.15) is 0 Å². The number of nitrogens with zero attached hydrogens (tertiary/aromatic N) is 2. The third-order valence-corrected chi connectivity index (χ3v) is 23.6. The van der Waals surface area contributed by atoms with Crippen LogP contribution in [0.4, 0.5) is 34.1 Å². The first-order valence-electron chi connectivity index (χ1n) is 35.6. The number of hydrogen-bond donors (Lipinski definition) is 0. The van der Waals surface area contributed by atoms with Crippen molar-refractivity contribution in [3.63, 3.8) is 0 Å². The summed E-state index contributed by atoms with van der Waals surface area (Å²) in [6.07, 6.45) is 0. The minimum atomic E-state index is -0.214. The van der Waals surface area contributed by atoms with Gasteiger partial charge in [0.25, 0.3) is 6.71 Å². The fourth-order valence-electron chi connectivity index (χ4n) is 16.1. The Bertz CT molecular complexity index is 5750. The monoisotopic (exact) mass is 1330 g/mol. The van der Waals surface area contributed by atoms with Crippen LogP contribution in [0.5, 0.6) is 0 Å². The Morgan fingerprint density at radius 1 is 0.248 bits per heavy atom. The summed E-state index contributed by atoms with van der Waals surface area (Å²) in [5, 5.41) is 5.11. The number of rotatable bonds is 9. The normalized spacial score (nSPS) is 12.9. The first-order chi connectivity index (χ1) is 49.0. The lowest BCUT2D eigenvalue weighted by Gasteiger charge is -2.46. The van der Waals surface area contributed by atoms with E-state index in [4.69, 9.17) is 0 Å². The summed E-state index contributed by atoms with van der Waals surface area (Å²) < 4.78 is 5.12. The average molecular weight is 1330 g/mol. The zero-order chi connectivity index (χ0) is 68.6. The molecule has 4 heterocycles. The molecule has 2 aromatic heterocycles. The van der Waals surface area contributed by atoms with Crippen molar-refractivity contribution >= 4 is 120 Å². The molecule has 5 heteroatoms. The smallest absolute Gasteiger partial charge is 0.252 e. The van der Waals surface area contributed by atoms with Gasteiger partial charge in [-0.25, -0.2) is 0 Å². The van der Waals surface area contributed by atoms with E-state index in [0.717, 1.165) is 34.1 Å². The van der Waals surface area contributed by atoms with Gasteiger partial charge in [0, 0.05) is 85.3 Å². The topological polar surface area (TPSA) is 6.48 Å². The van der Waals surface area contributed by atoms with E-state index in [0.29, 0.717) is 0 Å². The Hall–Kier alpha value is -10.8. The third kappa shape index (κ3) is 10.6. The first kappa shape index (κ1) is 62.4. The van der Waals surface area contributed by atoms with Crippen molar-refractivity contribution in [3.8, 4) is 77.9 Å². The summed E-state index contributed by atoms with van der Waals surface area (Å²) in [5.74, 6) is 0. The molecule has 0 fully saturated rings. The van der Waals surface area contributed by atoms with E-state index in [1.807, 2.05) is 22.7 Å². The molecule has 486 valence electrons. The fourth-order valence-corrected chi connectivity index (χ4v) is 18.4. The molecule has 0 amide bonds. The van der Waals surface area contributed by atoms with Crippen molar-refractivity contribution in [1.82, 2.24) is 0 Å². The number of benzene rings is 14. The maximum Gasteiger partial charge on any atom is 0.252 e. The molecule has 0 spiro atoms. The number of thiophene rings is 2. The maximum absolute atomic E-state index is 2.71. The number of para-hydroxylation sites is 1. The Morgan fingerprint density at radius 2 is 0.644 bits per heavy atom. The van der Waals surface area contributed by atoms with Gasteiger partial charge in [0.05, 0.1) is 11.4 Å². The van der Waals surface area contributed by atoms with Crippen LogP contribution < -0.4 is 26.2 Å². The Balaban J connectivity index is 0.998. The molecular formula is C96H77BN2S2. The highest BCUT2D eigenvalue weighted by Crippen LogP contribution is 2.56. The molecule has 0 bridgehead atoms. The van der Waals surface area contributed by atoms with Crippen LogP contribution in [0.15, 0.2) is 303 Å². The molecule has 0 aliphatic carbocycles. The van der Waals surface area contributed by atoms with Crippen molar-refractivity contribution in [3.05, 3.63) is 320 Å². The van der Waals surface area contributed by atoms with Crippen LogP contribution in [0.25, 0.3) is 118 Å². The van der Waals surface area contributed by atoms with E-state index in [2.05, 4.69) is 375 Å². The molecule has 0 radical (unpaired) electrons. The summed E-state index contributed by atoms with van der Waals surface area (Å²) >= 11 is 3.77. The lowest BCUT2D eigenvalue weighted by Crippen LogP contribution is -2.61. The molecule has 0 saturated carbocycles. The van der Waals surface area contributed by atoms with Crippen molar-refractivity contribution < 1.29 is 0 Å². The van der Waals surface area contributed by atoms with Crippen LogP contribution >= 0.6 is 22.7 Å². The van der Waals surface area contributed by atoms with Crippen LogP contribution in [-0.2, 0) is 16.2 Å². The molecule has 101 heavy (non-hydrogen) atoms. The zero-order valence-corrected chi connectivity index (χ0v) is 60.3. The SMILES string of the molecule is CC(C)(C)c1cc(-c2ccc3c(c2)N(c2c(-c4ccccc4)cc(C(C)(C)C)cc2-c2ccccc2)c2cccc4c2B3c2cc(-c3cccc(-c5ccccc5)c3)ccc2N4c2c(-c3cccc4sc5ccccc5c34)cccc2-c2cccc3sc4ccccc4c23)cc(C(C)(C)C)c1. The molecule has 14 aromatic carbocycles. The van der Waals surface area contributed by atoms with Gasteiger partial charge in [-0.15, -0.1) is 22.7 Å². The van der Waals surface area contributed by atoms with Gasteiger partial charge in [-0.3, -0.25) is 0 Å². The van der Waals surface area contributed by atoms with Crippen molar-refractivity contribution in [2.24, 2.45) is 0 Å². The van der Waals surface area contributed by atoms with Gasteiger partial charge in [-0.1, -0.05) is 299 Å². The van der Waals surface area contributed by atoms with E-state index in [1.165, 1.54) is 151 Å². The largest absolute Gasteiger partial charge is 0.310 e. The van der Waals surface area contributed by atoms with Crippen LogP contribution in [0.1, 0.15) is 79.0 Å². The molecule has 0 atom stereocenters. The standard InChI is InChI=1S/C96H77BN2S2/c1-94(2,3)68-53-67(54-69(57-68)95(4,5)6)66-48-50-79-84(56-66)99(93-77(61-30-15-11-16-31-61)58-70(96(7,8)9)59-78(93)62-32-17-12-18-33-62)83-43-27-42-82-91(83)97(79)80-55-65(64-35-23-34-63(52-64)60-28-13-10-14-29-60)49-51-81(80)98(82)92-73(71-38-25-46-87-89(71)75-36-19-21-44-85(75)100-87)40-24-41-74(92)72-39-26-47-88-90(72)76-37-20-22-45-86(76)101-88/h10-59H,1-9H3. The quantitative estimate of drug-likeness (QED) is 0.133. The summed E-state index contributed by atoms with van der Waals surface area (Å²) in [6.45, 7) is 21.0. The van der Waals surface area contributed by atoms with Crippen LogP contribution in [-0.4, -0.2) is 6.71 Å². The molecule has 2 aliphatic heterocycles. The number of fused-ring (bicyclic) bond motifs is 10. The maximum atomic E-state index is 2.71. The number of hydrogen-bond acceptors (Lipinski definition) is 4. The van der Waals surface area contributed by atoms with Crippen LogP contribution in [0, 0.1) is 0 Å². The van der Waals surface area contributed by atoms with Crippen molar-refractivity contribution in [2.45, 2.75) is 78.6 Å². The van der Waals surface area contributed by atoms with Gasteiger partial charge < -0.3 is 9.80 Å². The molecule has 2 aliphatic rings. The summed E-state index contributed by atoms with van der Waals surface area (Å²) in [4.78, 5) is 5.42. The van der Waals surface area contributed by atoms with E-state index in [-0.39, 0.29) is 23.0 Å². The van der Waals surface area contributed by atoms with Gasteiger partial charge in [0.2, 0.25) is 0 Å². The Morgan fingerprint density at radius 3 is 1.19 bits per heavy atom. The van der Waals surface area contributed by atoms with Gasteiger partial charge in [-0.2, -0.15) is 0 Å². The van der Waals surface area contributed by atoms with E-state index >= 15 is 0 Å². The summed E-state index contributed by atoms with van der Waals surface area (Å²) in [5.41, 5.74) is 30.9. The Labute approximate surface area is 602 Å². The molecule has 0 unspecified atom stereocenters. The molecule has 18 rings (SSSR count). The van der Waals surface area contributed by atoms with Gasteiger partial charge >= 0.3 is 0 Å². The highest BCUT2D eigenvalue weighted by Gasteiger charge is 2.46. The second-order valence-electron chi connectivity index (χ2n) is 30.8. The average Bonchev–Trinajstić information content (AvgIpc) is 0.988. The highest BCUT2D eigenvalue weighted by molar-refractivity contribution is 7.26. The second-order valence-corrected chi connectivity index (χ2v) is 32.9. The summed E-state index contributed by atoms with van der Waals surface area (Å²) in [6, 6.07) is 116. The van der Waals surface area contributed by atoms with Crippen LogP contribution in [0.2, 0.25) is 0 Å².